The van der Waals surface area contributed by atoms with Gasteiger partial charge in [0.05, 0.1) is 6.10 Å². The van der Waals surface area contributed by atoms with Crippen LogP contribution in [-0.2, 0) is 0 Å². The summed E-state index contributed by atoms with van der Waals surface area (Å²) < 4.78 is 0.831. The van der Waals surface area contributed by atoms with Crippen LogP contribution in [0.2, 0.25) is 0 Å². The van der Waals surface area contributed by atoms with Crippen molar-refractivity contribution in [1.29, 1.82) is 0 Å². The monoisotopic (exact) mass is 327 g/mol. The van der Waals surface area contributed by atoms with E-state index >= 15 is 0 Å². The molecule has 0 saturated heterocycles. The second-order valence-corrected chi connectivity index (χ2v) is 1.88. The minimum absolute atomic E-state index is 0. The Morgan fingerprint density at radius 3 is 2.00 bits per heavy atom. The molecule has 0 saturated carbocycles. The Bertz CT molecular complexity index is 24.8. The van der Waals surface area contributed by atoms with Gasteiger partial charge in [-0.1, -0.05) is 22.6 Å². The summed E-state index contributed by atoms with van der Waals surface area (Å²) in [7, 11) is 0. The van der Waals surface area contributed by atoms with E-state index in [0.29, 0.717) is 0 Å². The van der Waals surface area contributed by atoms with E-state index in [1.807, 2.05) is 0 Å². The molecule has 0 aliphatic heterocycles. The molecule has 3 heteroatoms. The summed E-state index contributed by atoms with van der Waals surface area (Å²) in [4.78, 5) is 0. The average molecular weight is 327 g/mol. The summed E-state index contributed by atoms with van der Waals surface area (Å²) in [6.45, 7) is 1.77. The molecule has 1 unspecified atom stereocenters. The number of halogens is 1. The fourth-order valence-electron chi connectivity index (χ4n) is 0. The van der Waals surface area contributed by atoms with Crippen molar-refractivity contribution in [1.82, 2.24) is 0 Å². The fraction of sp³-hybridized carbons (Fsp3) is 1.00. The summed E-state index contributed by atoms with van der Waals surface area (Å²) in [6, 6.07) is 0. The van der Waals surface area contributed by atoms with Gasteiger partial charge < -0.3 is 5.11 Å². The van der Waals surface area contributed by atoms with Crippen LogP contribution < -0.4 is 0 Å². The van der Waals surface area contributed by atoms with Crippen molar-refractivity contribution >= 4 is 22.6 Å². The Morgan fingerprint density at radius 2 is 2.00 bits per heavy atom. The fourth-order valence-corrected chi connectivity index (χ4v) is 0. The molecular weight excluding hydrogens is 320 g/mol. The van der Waals surface area contributed by atoms with E-state index in [4.69, 9.17) is 5.11 Å². The summed E-state index contributed by atoms with van der Waals surface area (Å²) in [5, 5.41) is 8.35. The smallest absolute Gasteiger partial charge is 0.0601 e. The molecule has 0 heterocycles. The molecule has 6 heavy (non-hydrogen) atoms. The van der Waals surface area contributed by atoms with Crippen LogP contribution in [0.15, 0.2) is 0 Å². The first-order valence-corrected chi connectivity index (χ1v) is 3.04. The molecule has 35 valence electrons. The average Bonchev–Trinajstić information content (AvgIpc) is 1.38. The van der Waals surface area contributed by atoms with Crippen molar-refractivity contribution in [3.05, 3.63) is 0 Å². The standard InChI is InChI=1S/C3H7IO.Pr/c1-3(5)2-4;/h3,5H,2H2,1H3;. The molecule has 0 spiro atoms. The van der Waals surface area contributed by atoms with E-state index in [-0.39, 0.29) is 47.4 Å². The van der Waals surface area contributed by atoms with Gasteiger partial charge >= 0.3 is 0 Å². The van der Waals surface area contributed by atoms with Gasteiger partial charge in [-0.2, -0.15) is 0 Å². The first-order chi connectivity index (χ1) is 2.27. The number of aliphatic hydroxyl groups excluding tert-OH is 1. The van der Waals surface area contributed by atoms with Gasteiger partial charge in [-0.25, -0.2) is 0 Å². The Kier molecular flexibility index (Phi) is 12.9. The van der Waals surface area contributed by atoms with Crippen LogP contribution in [0.5, 0.6) is 0 Å². The topological polar surface area (TPSA) is 20.2 Å². The van der Waals surface area contributed by atoms with Gasteiger partial charge in [0.2, 0.25) is 0 Å². The van der Waals surface area contributed by atoms with E-state index in [1.165, 1.54) is 0 Å². The zero-order valence-corrected chi connectivity index (χ0v) is 9.55. The van der Waals surface area contributed by atoms with Crippen molar-refractivity contribution in [3.8, 4) is 0 Å². The summed E-state index contributed by atoms with van der Waals surface area (Å²) in [5.74, 6) is 0. The van der Waals surface area contributed by atoms with Gasteiger partial charge in [0.25, 0.3) is 0 Å². The van der Waals surface area contributed by atoms with Crippen molar-refractivity contribution in [3.63, 3.8) is 0 Å². The molecule has 0 bridgehead atoms. The molecule has 0 aromatic heterocycles. The number of hydrogen-bond donors (Lipinski definition) is 1. The van der Waals surface area contributed by atoms with Crippen LogP contribution in [0.25, 0.3) is 0 Å². The van der Waals surface area contributed by atoms with Gasteiger partial charge in [-0.15, -0.1) is 0 Å². The van der Waals surface area contributed by atoms with Crippen molar-refractivity contribution in [2.45, 2.75) is 13.0 Å². The third kappa shape index (κ3) is 9.41. The van der Waals surface area contributed by atoms with Crippen LogP contribution in [-0.4, -0.2) is 15.6 Å². The van der Waals surface area contributed by atoms with E-state index in [0.717, 1.165) is 4.43 Å². The third-order valence-corrected chi connectivity index (χ3v) is 1.50. The molecule has 1 N–H and O–H groups in total. The van der Waals surface area contributed by atoms with Crippen LogP contribution in [0.1, 0.15) is 6.92 Å². The zero-order chi connectivity index (χ0) is 4.28. The van der Waals surface area contributed by atoms with Gasteiger partial charge in [0, 0.05) is 45.7 Å². The Balaban J connectivity index is 0. The molecule has 0 amide bonds. The number of hydrogen-bond acceptors (Lipinski definition) is 1. The number of alkyl halides is 1. The quantitative estimate of drug-likeness (QED) is 0.558. The first kappa shape index (κ1) is 10.9. The van der Waals surface area contributed by atoms with Gasteiger partial charge in [0.1, 0.15) is 0 Å². The normalized spacial score (nSPS) is 12.5. The number of aliphatic hydroxyl groups is 1. The predicted molar refractivity (Wildman–Crippen MR) is 30.6 cm³/mol. The van der Waals surface area contributed by atoms with Gasteiger partial charge in [-0.3, -0.25) is 0 Å². The van der Waals surface area contributed by atoms with E-state index in [9.17, 15) is 0 Å². The molecule has 0 aromatic carbocycles. The Labute approximate surface area is 85.0 Å². The maximum atomic E-state index is 8.35. The molecule has 1 radical (unpaired) electrons. The summed E-state index contributed by atoms with van der Waals surface area (Å²) in [5.41, 5.74) is 0. The molecule has 0 aliphatic carbocycles. The van der Waals surface area contributed by atoms with Gasteiger partial charge in [-0.05, 0) is 6.92 Å². The van der Waals surface area contributed by atoms with E-state index in [1.54, 1.807) is 6.92 Å². The maximum absolute atomic E-state index is 8.35. The predicted octanol–water partition coefficient (Wildman–Crippen LogP) is 0.802. The van der Waals surface area contributed by atoms with Crippen LogP contribution in [0, 0.1) is 41.3 Å². The van der Waals surface area contributed by atoms with Crippen LogP contribution in [0.3, 0.4) is 0 Å². The minimum atomic E-state index is -0.129. The SMILES string of the molecule is CC(O)CI.[Pr]. The first-order valence-electron chi connectivity index (χ1n) is 1.51. The molecule has 1 atom stereocenters. The Morgan fingerprint density at radius 1 is 1.83 bits per heavy atom. The third-order valence-electron chi connectivity index (χ3n) is 0.223. The molecule has 0 rings (SSSR count). The number of rotatable bonds is 1. The minimum Gasteiger partial charge on any atom is -0.393 e. The maximum Gasteiger partial charge on any atom is 0.0601 e. The molecule has 1 nitrogen and oxygen atoms in total. The zero-order valence-electron chi connectivity index (χ0n) is 3.69. The summed E-state index contributed by atoms with van der Waals surface area (Å²) in [6.07, 6.45) is -0.129. The molecular formula is C3H7IOPr. The van der Waals surface area contributed by atoms with Crippen molar-refractivity contribution < 1.29 is 46.4 Å². The van der Waals surface area contributed by atoms with Crippen LogP contribution in [0.4, 0.5) is 0 Å². The Hall–Kier alpha value is 2.05. The largest absolute Gasteiger partial charge is 0.393 e. The second kappa shape index (κ2) is 7.05. The van der Waals surface area contributed by atoms with E-state index < -0.39 is 0 Å². The molecule has 0 aromatic rings. The van der Waals surface area contributed by atoms with Gasteiger partial charge in [0.15, 0.2) is 0 Å². The van der Waals surface area contributed by atoms with Crippen molar-refractivity contribution in [2.24, 2.45) is 0 Å². The summed E-state index contributed by atoms with van der Waals surface area (Å²) >= 11 is 2.13. The van der Waals surface area contributed by atoms with Crippen molar-refractivity contribution in [2.75, 3.05) is 4.43 Å². The second-order valence-electron chi connectivity index (χ2n) is 1.00. The van der Waals surface area contributed by atoms with Crippen LogP contribution >= 0.6 is 22.6 Å². The molecule has 0 fully saturated rings. The van der Waals surface area contributed by atoms with E-state index in [2.05, 4.69) is 22.6 Å². The molecule has 0 aliphatic rings.